The van der Waals surface area contributed by atoms with E-state index in [1.54, 1.807) is 31.4 Å². The van der Waals surface area contributed by atoms with Crippen LogP contribution in [-0.2, 0) is 0 Å². The number of fused-ring (bicyclic) bond motifs is 1. The van der Waals surface area contributed by atoms with Gasteiger partial charge in [0.15, 0.2) is 5.13 Å². The van der Waals surface area contributed by atoms with Gasteiger partial charge in [0.25, 0.3) is 5.91 Å². The molecule has 1 aromatic heterocycles. The molecule has 7 heteroatoms. The van der Waals surface area contributed by atoms with E-state index in [0.29, 0.717) is 32.7 Å². The van der Waals surface area contributed by atoms with Gasteiger partial charge in [-0.25, -0.2) is 4.98 Å². The zero-order chi connectivity index (χ0) is 16.4. The van der Waals surface area contributed by atoms with Crippen LogP contribution in [0.4, 0.5) is 5.13 Å². The van der Waals surface area contributed by atoms with Gasteiger partial charge in [0, 0.05) is 0 Å². The summed E-state index contributed by atoms with van der Waals surface area (Å²) in [6, 6.07) is 10.5. The van der Waals surface area contributed by atoms with Gasteiger partial charge in [-0.3, -0.25) is 10.1 Å². The maximum Gasteiger partial charge on any atom is 0.261 e. The van der Waals surface area contributed by atoms with Crippen LogP contribution in [0.3, 0.4) is 0 Å². The number of carbonyl (C=O) groups is 1. The van der Waals surface area contributed by atoms with Crippen molar-refractivity contribution >= 4 is 44.2 Å². The molecule has 1 N–H and O–H groups in total. The highest BCUT2D eigenvalue weighted by Gasteiger charge is 2.16. The molecule has 0 aliphatic carbocycles. The fourth-order valence-corrected chi connectivity index (χ4v) is 3.29. The van der Waals surface area contributed by atoms with E-state index in [-0.39, 0.29) is 5.91 Å². The number of hydrogen-bond acceptors (Lipinski definition) is 5. The van der Waals surface area contributed by atoms with Gasteiger partial charge in [0.2, 0.25) is 0 Å². The summed E-state index contributed by atoms with van der Waals surface area (Å²) in [5.74, 6) is 0.710. The van der Waals surface area contributed by atoms with Crippen LogP contribution in [0, 0.1) is 0 Å². The minimum Gasteiger partial charge on any atom is -0.497 e. The molecule has 0 saturated heterocycles. The Morgan fingerprint density at radius 1 is 1.22 bits per heavy atom. The first kappa shape index (κ1) is 15.6. The Bertz CT molecular complexity index is 879. The van der Waals surface area contributed by atoms with Gasteiger partial charge in [-0.05, 0) is 30.3 Å². The second-order valence-corrected chi connectivity index (χ2v) is 6.06. The summed E-state index contributed by atoms with van der Waals surface area (Å²) in [7, 11) is 3.05. The number of para-hydroxylation sites is 1. The lowest BCUT2D eigenvalue weighted by Gasteiger charge is -2.09. The van der Waals surface area contributed by atoms with Crippen LogP contribution in [0.5, 0.6) is 11.5 Å². The number of rotatable bonds is 4. The number of carbonyl (C=O) groups excluding carboxylic acids is 1. The molecular formula is C16H13ClN2O3S. The van der Waals surface area contributed by atoms with Crippen LogP contribution < -0.4 is 14.8 Å². The highest BCUT2D eigenvalue weighted by Crippen LogP contribution is 2.31. The minimum atomic E-state index is -0.323. The van der Waals surface area contributed by atoms with Gasteiger partial charge in [0.05, 0.1) is 29.5 Å². The molecule has 118 valence electrons. The molecule has 3 aromatic rings. The first-order valence-corrected chi connectivity index (χ1v) is 7.90. The largest absolute Gasteiger partial charge is 0.497 e. The van der Waals surface area contributed by atoms with Crippen molar-refractivity contribution in [3.8, 4) is 11.5 Å². The third kappa shape index (κ3) is 3.09. The predicted molar refractivity (Wildman–Crippen MR) is 92.1 cm³/mol. The Morgan fingerprint density at radius 3 is 2.74 bits per heavy atom. The van der Waals surface area contributed by atoms with E-state index >= 15 is 0 Å². The van der Waals surface area contributed by atoms with Gasteiger partial charge < -0.3 is 9.47 Å². The number of nitrogens with zero attached hydrogens (tertiary/aromatic N) is 1. The van der Waals surface area contributed by atoms with Crippen molar-refractivity contribution in [2.45, 2.75) is 0 Å². The SMILES string of the molecule is COc1ccc(OC)c(C(=O)Nc2nc3c(Cl)cccc3s2)c1. The van der Waals surface area contributed by atoms with E-state index in [1.807, 2.05) is 12.1 Å². The molecular weight excluding hydrogens is 336 g/mol. The topological polar surface area (TPSA) is 60.5 Å². The van der Waals surface area contributed by atoms with E-state index < -0.39 is 0 Å². The van der Waals surface area contributed by atoms with Gasteiger partial charge in [0.1, 0.15) is 17.0 Å². The molecule has 0 unspecified atom stereocenters. The average Bonchev–Trinajstić information content (AvgIpc) is 2.98. The lowest BCUT2D eigenvalue weighted by molar-refractivity contribution is 0.102. The van der Waals surface area contributed by atoms with Crippen LogP contribution >= 0.6 is 22.9 Å². The van der Waals surface area contributed by atoms with Crippen LogP contribution in [-0.4, -0.2) is 25.1 Å². The number of amides is 1. The number of anilines is 1. The zero-order valence-electron chi connectivity index (χ0n) is 12.4. The normalized spacial score (nSPS) is 10.6. The summed E-state index contributed by atoms with van der Waals surface area (Å²) in [5, 5.41) is 3.80. The number of methoxy groups -OCH3 is 2. The van der Waals surface area contributed by atoms with Crippen molar-refractivity contribution in [2.24, 2.45) is 0 Å². The van der Waals surface area contributed by atoms with Gasteiger partial charge >= 0.3 is 0 Å². The Balaban J connectivity index is 1.92. The van der Waals surface area contributed by atoms with E-state index in [1.165, 1.54) is 18.4 Å². The van der Waals surface area contributed by atoms with Crippen LogP contribution in [0.1, 0.15) is 10.4 Å². The Morgan fingerprint density at radius 2 is 2.04 bits per heavy atom. The van der Waals surface area contributed by atoms with Crippen molar-refractivity contribution in [3.63, 3.8) is 0 Å². The summed E-state index contributed by atoms with van der Waals surface area (Å²) in [6.07, 6.45) is 0. The average molecular weight is 349 g/mol. The molecule has 0 radical (unpaired) electrons. The third-order valence-corrected chi connectivity index (χ3v) is 4.48. The molecule has 1 amide bonds. The number of aromatic nitrogens is 1. The number of nitrogens with one attached hydrogen (secondary N) is 1. The van der Waals surface area contributed by atoms with E-state index in [4.69, 9.17) is 21.1 Å². The van der Waals surface area contributed by atoms with Gasteiger partial charge in [-0.1, -0.05) is 29.0 Å². The van der Waals surface area contributed by atoms with E-state index in [9.17, 15) is 4.79 Å². The molecule has 0 atom stereocenters. The van der Waals surface area contributed by atoms with Crippen molar-refractivity contribution in [2.75, 3.05) is 19.5 Å². The molecule has 1 heterocycles. The summed E-state index contributed by atoms with van der Waals surface area (Å²) < 4.78 is 11.3. The fraction of sp³-hybridized carbons (Fsp3) is 0.125. The number of ether oxygens (including phenoxy) is 2. The van der Waals surface area contributed by atoms with E-state index in [2.05, 4.69) is 10.3 Å². The molecule has 0 aliphatic heterocycles. The second-order valence-electron chi connectivity index (χ2n) is 4.63. The first-order valence-electron chi connectivity index (χ1n) is 6.71. The molecule has 0 bridgehead atoms. The van der Waals surface area contributed by atoms with Crippen LogP contribution in [0.25, 0.3) is 10.2 Å². The summed E-state index contributed by atoms with van der Waals surface area (Å²) in [4.78, 5) is 16.9. The molecule has 0 aliphatic rings. The lowest BCUT2D eigenvalue weighted by Crippen LogP contribution is -2.13. The van der Waals surface area contributed by atoms with Crippen LogP contribution in [0.2, 0.25) is 5.02 Å². The molecule has 23 heavy (non-hydrogen) atoms. The highest BCUT2D eigenvalue weighted by atomic mass is 35.5. The predicted octanol–water partition coefficient (Wildman–Crippen LogP) is 4.22. The number of halogens is 1. The summed E-state index contributed by atoms with van der Waals surface area (Å²) >= 11 is 7.46. The maximum atomic E-state index is 12.5. The second kappa shape index (κ2) is 6.44. The van der Waals surface area contributed by atoms with Gasteiger partial charge in [-0.2, -0.15) is 0 Å². The standard InChI is InChI=1S/C16H13ClN2O3S/c1-21-9-6-7-12(22-2)10(8-9)15(20)19-16-18-14-11(17)4-3-5-13(14)23-16/h3-8H,1-2H3,(H,18,19,20). The summed E-state index contributed by atoms with van der Waals surface area (Å²) in [5.41, 5.74) is 1.05. The molecule has 2 aromatic carbocycles. The van der Waals surface area contributed by atoms with Crippen LogP contribution in [0.15, 0.2) is 36.4 Å². The van der Waals surface area contributed by atoms with Crippen molar-refractivity contribution in [1.82, 2.24) is 4.98 Å². The Hall–Kier alpha value is -2.31. The van der Waals surface area contributed by atoms with E-state index in [0.717, 1.165) is 4.70 Å². The molecule has 5 nitrogen and oxygen atoms in total. The molecule has 0 spiro atoms. The summed E-state index contributed by atoms with van der Waals surface area (Å²) in [6.45, 7) is 0. The fourth-order valence-electron chi connectivity index (χ4n) is 2.12. The quantitative estimate of drug-likeness (QED) is 0.766. The minimum absolute atomic E-state index is 0.323. The first-order chi connectivity index (χ1) is 11.1. The molecule has 0 saturated carbocycles. The zero-order valence-corrected chi connectivity index (χ0v) is 14.0. The van der Waals surface area contributed by atoms with Gasteiger partial charge in [-0.15, -0.1) is 0 Å². The van der Waals surface area contributed by atoms with Crippen molar-refractivity contribution in [1.29, 1.82) is 0 Å². The van der Waals surface area contributed by atoms with Crippen molar-refractivity contribution in [3.05, 3.63) is 47.0 Å². The smallest absolute Gasteiger partial charge is 0.261 e. The lowest BCUT2D eigenvalue weighted by atomic mass is 10.2. The molecule has 3 rings (SSSR count). The number of benzene rings is 2. The Kier molecular flexibility index (Phi) is 4.36. The molecule has 0 fully saturated rings. The third-order valence-electron chi connectivity index (χ3n) is 3.24. The maximum absolute atomic E-state index is 12.5. The number of thiazole rings is 1. The highest BCUT2D eigenvalue weighted by molar-refractivity contribution is 7.22. The Labute approximate surface area is 141 Å². The number of hydrogen-bond donors (Lipinski definition) is 1. The van der Waals surface area contributed by atoms with Crippen molar-refractivity contribution < 1.29 is 14.3 Å². The monoisotopic (exact) mass is 348 g/mol.